The first-order valence-corrected chi connectivity index (χ1v) is 4.83. The van der Waals surface area contributed by atoms with Gasteiger partial charge in [-0.3, -0.25) is 0 Å². The van der Waals surface area contributed by atoms with Crippen LogP contribution >= 0.6 is 0 Å². The highest BCUT2D eigenvalue weighted by molar-refractivity contribution is 5.75. The minimum Gasteiger partial charge on any atom is -0.0776 e. The van der Waals surface area contributed by atoms with Gasteiger partial charge in [-0.1, -0.05) is 59.4 Å². The number of rotatable bonds is 0. The van der Waals surface area contributed by atoms with Crippen LogP contribution < -0.4 is 0 Å². The van der Waals surface area contributed by atoms with Gasteiger partial charge in [0.05, 0.1) is 0 Å². The molecule has 0 nitrogen and oxygen atoms in total. The quantitative estimate of drug-likeness (QED) is 0.527. The lowest BCUT2D eigenvalue weighted by Gasteiger charge is -1.93. The van der Waals surface area contributed by atoms with Gasteiger partial charge in [0.15, 0.2) is 0 Å². The van der Waals surface area contributed by atoms with Gasteiger partial charge in [-0.05, 0) is 25.0 Å². The topological polar surface area (TPSA) is 0 Å². The molecule has 0 spiro atoms. The fourth-order valence-electron chi connectivity index (χ4n) is 0.663. The summed E-state index contributed by atoms with van der Waals surface area (Å²) in [6.45, 7) is 12.2. The molecule has 3 radical (unpaired) electrons. The van der Waals surface area contributed by atoms with E-state index in [2.05, 4.69) is 38.1 Å². The molecule has 0 bridgehead atoms. The Kier molecular flexibility index (Phi) is 30.1. The van der Waals surface area contributed by atoms with E-state index in [0.717, 1.165) is 0 Å². The third-order valence-corrected chi connectivity index (χ3v) is 1.43. The van der Waals surface area contributed by atoms with Crippen LogP contribution in [-0.4, -0.2) is 8.41 Å². The lowest BCUT2D eigenvalue weighted by atomic mass is 10.1. The summed E-state index contributed by atoms with van der Waals surface area (Å²) in [6.07, 6.45) is 0. The highest BCUT2D eigenvalue weighted by Crippen LogP contribution is 2.02. The summed E-state index contributed by atoms with van der Waals surface area (Å²) in [7, 11) is 0. The van der Waals surface area contributed by atoms with Gasteiger partial charge < -0.3 is 0 Å². The Morgan fingerprint density at radius 2 is 0.929 bits per heavy atom. The minimum absolute atomic E-state index is 0. The van der Waals surface area contributed by atoms with E-state index < -0.39 is 0 Å². The first-order chi connectivity index (χ1) is 5.80. The van der Waals surface area contributed by atoms with Gasteiger partial charge in [0.1, 0.15) is 0 Å². The summed E-state index contributed by atoms with van der Waals surface area (Å²) in [4.78, 5) is 0. The van der Waals surface area contributed by atoms with Gasteiger partial charge in [-0.15, -0.1) is 0 Å². The fraction of sp³-hybridized carbons (Fsp3) is 0.538. The summed E-state index contributed by atoms with van der Waals surface area (Å²) in [6, 6.07) is 8.36. The van der Waals surface area contributed by atoms with Crippen molar-refractivity contribution in [2.45, 2.75) is 49.0 Å². The zero-order chi connectivity index (χ0) is 9.98. The molecule has 0 N–H and O–H groups in total. The van der Waals surface area contributed by atoms with Crippen LogP contribution in [0.25, 0.3) is 0 Å². The molecule has 0 aliphatic carbocycles. The van der Waals surface area contributed by atoms with Crippen LogP contribution in [0.15, 0.2) is 24.3 Å². The van der Waals surface area contributed by atoms with Crippen molar-refractivity contribution < 1.29 is 0 Å². The van der Waals surface area contributed by atoms with Crippen molar-refractivity contribution in [1.82, 2.24) is 0 Å². The number of benzene rings is 1. The average molecular weight is 193 g/mol. The predicted molar refractivity (Wildman–Crippen MR) is 71.1 cm³/mol. The zero-order valence-corrected chi connectivity index (χ0v) is 9.89. The standard InChI is InChI=1S/C8H10.2C2H6.CH4.B/c1-7-5-3-4-6-8(7)2;2*1-2;;/h3-6H,1-2H3;2*1-2H3;1H4;. The van der Waals surface area contributed by atoms with Crippen LogP contribution in [0.4, 0.5) is 0 Å². The van der Waals surface area contributed by atoms with Crippen LogP contribution in [-0.2, 0) is 0 Å². The molecule has 0 saturated heterocycles. The third kappa shape index (κ3) is 11.3. The van der Waals surface area contributed by atoms with Crippen molar-refractivity contribution in [3.63, 3.8) is 0 Å². The molecule has 1 aromatic carbocycles. The second-order valence-corrected chi connectivity index (χ2v) is 2.08. The van der Waals surface area contributed by atoms with Gasteiger partial charge in [0.2, 0.25) is 0 Å². The Morgan fingerprint density at radius 1 is 0.714 bits per heavy atom. The molecule has 0 aliphatic rings. The van der Waals surface area contributed by atoms with Crippen LogP contribution in [0.1, 0.15) is 46.2 Å². The Labute approximate surface area is 93.3 Å². The van der Waals surface area contributed by atoms with E-state index in [-0.39, 0.29) is 15.8 Å². The third-order valence-electron chi connectivity index (χ3n) is 1.43. The van der Waals surface area contributed by atoms with E-state index >= 15 is 0 Å². The fourth-order valence-corrected chi connectivity index (χ4v) is 0.663. The van der Waals surface area contributed by atoms with Crippen LogP contribution in [0.2, 0.25) is 0 Å². The molecule has 0 heterocycles. The highest BCUT2D eigenvalue weighted by atomic mass is 13.9. The van der Waals surface area contributed by atoms with E-state index in [1.807, 2.05) is 27.7 Å². The smallest absolute Gasteiger partial charge is 0 e. The van der Waals surface area contributed by atoms with Gasteiger partial charge >= 0.3 is 0 Å². The Bertz CT molecular complexity index is 161. The summed E-state index contributed by atoms with van der Waals surface area (Å²) in [5.41, 5.74) is 2.74. The Hall–Kier alpha value is -0.715. The number of aryl methyl sites for hydroxylation is 2. The minimum atomic E-state index is 0. The molecule has 0 saturated carbocycles. The van der Waals surface area contributed by atoms with Gasteiger partial charge in [-0.25, -0.2) is 0 Å². The van der Waals surface area contributed by atoms with Crippen LogP contribution in [0, 0.1) is 13.8 Å². The molecule has 1 rings (SSSR count). The summed E-state index contributed by atoms with van der Waals surface area (Å²) in [5.74, 6) is 0. The van der Waals surface area contributed by atoms with E-state index in [4.69, 9.17) is 0 Å². The lowest BCUT2D eigenvalue weighted by molar-refractivity contribution is 1.34. The van der Waals surface area contributed by atoms with Crippen molar-refractivity contribution in [2.24, 2.45) is 0 Å². The molecule has 81 valence electrons. The van der Waals surface area contributed by atoms with Crippen molar-refractivity contribution in [1.29, 1.82) is 0 Å². The van der Waals surface area contributed by atoms with E-state index in [1.165, 1.54) is 11.1 Å². The molecule has 0 aliphatic heterocycles. The second kappa shape index (κ2) is 18.1. The first-order valence-electron chi connectivity index (χ1n) is 4.83. The maximum Gasteiger partial charge on any atom is 0 e. The lowest BCUT2D eigenvalue weighted by Crippen LogP contribution is -1.74. The van der Waals surface area contributed by atoms with Crippen molar-refractivity contribution in [3.8, 4) is 0 Å². The molecular weight excluding hydrogens is 167 g/mol. The molecule has 0 unspecified atom stereocenters. The van der Waals surface area contributed by atoms with Gasteiger partial charge in [0.25, 0.3) is 0 Å². The molecule has 0 aromatic heterocycles. The first kappa shape index (κ1) is 23.3. The number of hydrogen-bond acceptors (Lipinski definition) is 0. The van der Waals surface area contributed by atoms with Crippen molar-refractivity contribution in [2.75, 3.05) is 0 Å². The maximum absolute atomic E-state index is 2.12. The SMILES string of the molecule is C.CC.CC.Cc1ccccc1C.[B]. The molecule has 1 heteroatoms. The van der Waals surface area contributed by atoms with Crippen molar-refractivity contribution >= 4 is 8.41 Å². The second-order valence-electron chi connectivity index (χ2n) is 2.08. The summed E-state index contributed by atoms with van der Waals surface area (Å²) >= 11 is 0. The van der Waals surface area contributed by atoms with Crippen molar-refractivity contribution in [3.05, 3.63) is 35.4 Å². The summed E-state index contributed by atoms with van der Waals surface area (Å²) in [5, 5.41) is 0. The average Bonchev–Trinajstić information content (AvgIpc) is 2.17. The predicted octanol–water partition coefficient (Wildman–Crippen LogP) is 4.61. The zero-order valence-electron chi connectivity index (χ0n) is 9.89. The van der Waals surface area contributed by atoms with Crippen LogP contribution in [0.5, 0.6) is 0 Å². The van der Waals surface area contributed by atoms with Gasteiger partial charge in [0, 0.05) is 8.41 Å². The summed E-state index contributed by atoms with van der Waals surface area (Å²) < 4.78 is 0. The molecule has 14 heavy (non-hydrogen) atoms. The van der Waals surface area contributed by atoms with Crippen LogP contribution in [0.3, 0.4) is 0 Å². The van der Waals surface area contributed by atoms with Gasteiger partial charge in [-0.2, -0.15) is 0 Å². The Balaban J connectivity index is -0.0000000750. The molecular formula is C13H26B. The number of hydrogen-bond donors (Lipinski definition) is 0. The monoisotopic (exact) mass is 193 g/mol. The molecule has 0 fully saturated rings. The molecule has 1 aromatic rings. The normalized spacial score (nSPS) is 6.14. The van der Waals surface area contributed by atoms with E-state index in [9.17, 15) is 0 Å². The molecule has 0 atom stereocenters. The largest absolute Gasteiger partial charge is 0.0776 e. The highest BCUT2D eigenvalue weighted by Gasteiger charge is 1.83. The van der Waals surface area contributed by atoms with E-state index in [0.29, 0.717) is 0 Å². The molecule has 0 amide bonds. The van der Waals surface area contributed by atoms with E-state index in [1.54, 1.807) is 0 Å². The Morgan fingerprint density at radius 3 is 1.07 bits per heavy atom. The maximum atomic E-state index is 2.12.